The predicted molar refractivity (Wildman–Crippen MR) is 85.9 cm³/mol. The van der Waals surface area contributed by atoms with Gasteiger partial charge in [0.1, 0.15) is 5.75 Å². The maximum absolute atomic E-state index is 5.16. The van der Waals surface area contributed by atoms with Gasteiger partial charge in [-0.3, -0.25) is 0 Å². The zero-order valence-corrected chi connectivity index (χ0v) is 12.1. The van der Waals surface area contributed by atoms with E-state index in [1.807, 2.05) is 36.4 Å². The molecule has 0 fully saturated rings. The highest BCUT2D eigenvalue weighted by molar-refractivity contribution is 5.77. The lowest BCUT2D eigenvalue weighted by Gasteiger charge is -2.04. The number of nitrogens with one attached hydrogen (secondary N) is 2. The number of anilines is 1. The van der Waals surface area contributed by atoms with E-state index in [2.05, 4.69) is 27.4 Å². The van der Waals surface area contributed by atoms with Crippen LogP contribution in [0.1, 0.15) is 12.0 Å². The first-order valence-electron chi connectivity index (χ1n) is 7.17. The molecule has 1 heterocycles. The number of para-hydroxylation sites is 2. The molecule has 0 saturated carbocycles. The Morgan fingerprint density at radius 3 is 2.67 bits per heavy atom. The highest BCUT2D eigenvalue weighted by Crippen LogP contribution is 2.14. The monoisotopic (exact) mass is 281 g/mol. The van der Waals surface area contributed by atoms with Crippen LogP contribution in [0.5, 0.6) is 5.75 Å². The molecule has 21 heavy (non-hydrogen) atoms. The molecular formula is C17H19N3O. The summed E-state index contributed by atoms with van der Waals surface area (Å²) in [7, 11) is 1.69. The van der Waals surface area contributed by atoms with Gasteiger partial charge in [-0.05, 0) is 42.7 Å². The number of aryl methyl sites for hydroxylation is 1. The number of fused-ring (bicyclic) bond motifs is 1. The zero-order chi connectivity index (χ0) is 14.5. The van der Waals surface area contributed by atoms with E-state index in [4.69, 9.17) is 4.74 Å². The summed E-state index contributed by atoms with van der Waals surface area (Å²) in [6, 6.07) is 16.3. The van der Waals surface area contributed by atoms with Crippen molar-refractivity contribution >= 4 is 17.0 Å². The normalized spacial score (nSPS) is 10.7. The smallest absolute Gasteiger partial charge is 0.201 e. The molecule has 0 unspecified atom stereocenters. The molecule has 1 aromatic heterocycles. The molecule has 3 aromatic rings. The lowest BCUT2D eigenvalue weighted by Crippen LogP contribution is -2.04. The van der Waals surface area contributed by atoms with Crippen LogP contribution >= 0.6 is 0 Å². The third-order valence-electron chi connectivity index (χ3n) is 3.48. The molecular weight excluding hydrogens is 262 g/mol. The van der Waals surface area contributed by atoms with E-state index in [-0.39, 0.29) is 0 Å². The number of aromatic nitrogens is 2. The summed E-state index contributed by atoms with van der Waals surface area (Å²) in [5.41, 5.74) is 3.38. The lowest BCUT2D eigenvalue weighted by molar-refractivity contribution is 0.414. The summed E-state index contributed by atoms with van der Waals surface area (Å²) < 4.78 is 5.16. The number of H-pyrrole nitrogens is 1. The van der Waals surface area contributed by atoms with E-state index in [9.17, 15) is 0 Å². The topological polar surface area (TPSA) is 49.9 Å². The molecule has 0 atom stereocenters. The molecule has 4 nitrogen and oxygen atoms in total. The van der Waals surface area contributed by atoms with Gasteiger partial charge in [-0.15, -0.1) is 0 Å². The minimum absolute atomic E-state index is 0.839. The fraction of sp³-hybridized carbons (Fsp3) is 0.235. The van der Waals surface area contributed by atoms with Crippen LogP contribution in [0, 0.1) is 0 Å². The van der Waals surface area contributed by atoms with Crippen molar-refractivity contribution in [2.24, 2.45) is 0 Å². The minimum Gasteiger partial charge on any atom is -0.497 e. The Bertz CT molecular complexity index is 670. The number of ether oxygens (including phenoxy) is 1. The largest absolute Gasteiger partial charge is 0.497 e. The average molecular weight is 281 g/mol. The van der Waals surface area contributed by atoms with Crippen LogP contribution < -0.4 is 10.1 Å². The van der Waals surface area contributed by atoms with Crippen LogP contribution in [0.4, 0.5) is 5.95 Å². The molecule has 0 radical (unpaired) electrons. The molecule has 0 bridgehead atoms. The summed E-state index contributed by atoms with van der Waals surface area (Å²) in [4.78, 5) is 7.77. The molecule has 4 heteroatoms. The number of benzene rings is 2. The summed E-state index contributed by atoms with van der Waals surface area (Å²) >= 11 is 0. The van der Waals surface area contributed by atoms with E-state index < -0.39 is 0 Å². The van der Waals surface area contributed by atoms with Crippen molar-refractivity contribution in [3.8, 4) is 5.75 Å². The van der Waals surface area contributed by atoms with E-state index in [1.165, 1.54) is 5.56 Å². The number of aromatic amines is 1. The SMILES string of the molecule is COc1ccc(CCCNc2nc3ccccc3[nH]2)cc1. The van der Waals surface area contributed by atoms with Gasteiger partial charge in [-0.1, -0.05) is 24.3 Å². The summed E-state index contributed by atoms with van der Waals surface area (Å²) in [5.74, 6) is 1.74. The van der Waals surface area contributed by atoms with Gasteiger partial charge in [-0.2, -0.15) is 0 Å². The van der Waals surface area contributed by atoms with Gasteiger partial charge >= 0.3 is 0 Å². The molecule has 0 spiro atoms. The van der Waals surface area contributed by atoms with E-state index in [1.54, 1.807) is 7.11 Å². The van der Waals surface area contributed by atoms with Crippen LogP contribution in [-0.4, -0.2) is 23.6 Å². The molecule has 3 rings (SSSR count). The molecule has 0 aliphatic rings. The maximum Gasteiger partial charge on any atom is 0.201 e. The Hall–Kier alpha value is -2.49. The quantitative estimate of drug-likeness (QED) is 0.678. The van der Waals surface area contributed by atoms with Crippen molar-refractivity contribution < 1.29 is 4.74 Å². The third-order valence-corrected chi connectivity index (χ3v) is 3.48. The van der Waals surface area contributed by atoms with Crippen LogP contribution in [0.3, 0.4) is 0 Å². The fourth-order valence-corrected chi connectivity index (χ4v) is 2.33. The molecule has 0 aliphatic heterocycles. The van der Waals surface area contributed by atoms with Crippen molar-refractivity contribution in [2.45, 2.75) is 12.8 Å². The summed E-state index contributed by atoms with van der Waals surface area (Å²) in [6.45, 7) is 0.895. The number of rotatable bonds is 6. The average Bonchev–Trinajstić information content (AvgIpc) is 2.95. The van der Waals surface area contributed by atoms with Gasteiger partial charge in [0.2, 0.25) is 5.95 Å². The van der Waals surface area contributed by atoms with E-state index >= 15 is 0 Å². The molecule has 0 saturated heterocycles. The molecule has 2 N–H and O–H groups in total. The molecule has 2 aromatic carbocycles. The second kappa shape index (κ2) is 6.31. The van der Waals surface area contributed by atoms with Crippen molar-refractivity contribution in [1.82, 2.24) is 9.97 Å². The number of imidazole rings is 1. The summed E-state index contributed by atoms with van der Waals surface area (Å²) in [5, 5.41) is 3.34. The number of nitrogens with zero attached hydrogens (tertiary/aromatic N) is 1. The van der Waals surface area contributed by atoms with Gasteiger partial charge in [0, 0.05) is 6.54 Å². The Morgan fingerprint density at radius 2 is 1.90 bits per heavy atom. The van der Waals surface area contributed by atoms with Gasteiger partial charge in [0.05, 0.1) is 18.1 Å². The second-order valence-electron chi connectivity index (χ2n) is 4.98. The molecule has 108 valence electrons. The maximum atomic E-state index is 5.16. The van der Waals surface area contributed by atoms with Crippen molar-refractivity contribution in [3.05, 3.63) is 54.1 Å². The van der Waals surface area contributed by atoms with Crippen molar-refractivity contribution in [2.75, 3.05) is 19.0 Å². The molecule has 0 aliphatic carbocycles. The van der Waals surface area contributed by atoms with Gasteiger partial charge < -0.3 is 15.0 Å². The second-order valence-corrected chi connectivity index (χ2v) is 4.98. The first-order chi connectivity index (χ1) is 10.3. The third kappa shape index (κ3) is 3.34. The van der Waals surface area contributed by atoms with Gasteiger partial charge in [0.15, 0.2) is 0 Å². The zero-order valence-electron chi connectivity index (χ0n) is 12.1. The minimum atomic E-state index is 0.839. The highest BCUT2D eigenvalue weighted by atomic mass is 16.5. The van der Waals surface area contributed by atoms with Crippen LogP contribution in [0.2, 0.25) is 0 Å². The number of hydrogen-bond donors (Lipinski definition) is 2. The van der Waals surface area contributed by atoms with Gasteiger partial charge in [0.25, 0.3) is 0 Å². The summed E-state index contributed by atoms with van der Waals surface area (Å²) in [6.07, 6.45) is 2.10. The van der Waals surface area contributed by atoms with Crippen LogP contribution in [-0.2, 0) is 6.42 Å². The Labute approximate surface area is 124 Å². The first-order valence-corrected chi connectivity index (χ1v) is 7.17. The fourth-order valence-electron chi connectivity index (χ4n) is 2.33. The number of methoxy groups -OCH3 is 1. The molecule has 0 amide bonds. The Balaban J connectivity index is 1.49. The Kier molecular flexibility index (Phi) is 4.05. The lowest BCUT2D eigenvalue weighted by atomic mass is 10.1. The first kappa shape index (κ1) is 13.5. The van der Waals surface area contributed by atoms with Crippen molar-refractivity contribution in [3.63, 3.8) is 0 Å². The van der Waals surface area contributed by atoms with Crippen molar-refractivity contribution in [1.29, 1.82) is 0 Å². The Morgan fingerprint density at radius 1 is 1.10 bits per heavy atom. The van der Waals surface area contributed by atoms with Gasteiger partial charge in [-0.25, -0.2) is 4.98 Å². The van der Waals surface area contributed by atoms with E-state index in [0.717, 1.165) is 42.1 Å². The van der Waals surface area contributed by atoms with Crippen LogP contribution in [0.25, 0.3) is 11.0 Å². The number of hydrogen-bond acceptors (Lipinski definition) is 3. The standard InChI is InChI=1S/C17H19N3O/c1-21-14-10-8-13(9-11-14)5-4-12-18-17-19-15-6-2-3-7-16(15)20-17/h2-3,6-11H,4-5,12H2,1H3,(H2,18,19,20). The van der Waals surface area contributed by atoms with Crippen LogP contribution in [0.15, 0.2) is 48.5 Å². The van der Waals surface area contributed by atoms with E-state index in [0.29, 0.717) is 0 Å². The highest BCUT2D eigenvalue weighted by Gasteiger charge is 2.01. The predicted octanol–water partition coefficient (Wildman–Crippen LogP) is 3.62.